The first-order valence-electron chi connectivity index (χ1n) is 10.4. The molecule has 1 aromatic carbocycles. The van der Waals surface area contributed by atoms with E-state index in [1.54, 1.807) is 24.3 Å². The van der Waals surface area contributed by atoms with Crippen LogP contribution in [0.5, 0.6) is 0 Å². The Kier molecular flexibility index (Phi) is 6.22. The quantitative estimate of drug-likeness (QED) is 0.678. The molecular formula is C21H29N3O4S. The lowest BCUT2D eigenvalue weighted by atomic mass is 10.2. The number of hydrogen-bond acceptors (Lipinski definition) is 5. The molecule has 0 aromatic heterocycles. The third-order valence-corrected chi connectivity index (χ3v) is 7.74. The summed E-state index contributed by atoms with van der Waals surface area (Å²) in [7, 11) is -3.16. The predicted octanol–water partition coefficient (Wildman–Crippen LogP) is 1.56. The number of benzene rings is 1. The molecule has 1 unspecified atom stereocenters. The number of piperazine rings is 1. The molecule has 3 fully saturated rings. The maximum Gasteiger partial charge on any atom is 0.246 e. The number of hydrogen-bond donors (Lipinski definition) is 0. The normalized spacial score (nSPS) is 25.2. The summed E-state index contributed by atoms with van der Waals surface area (Å²) in [4.78, 5) is 16.8. The average Bonchev–Trinajstić information content (AvgIpc) is 3.36. The van der Waals surface area contributed by atoms with E-state index in [-0.39, 0.29) is 11.7 Å². The summed E-state index contributed by atoms with van der Waals surface area (Å²) in [6, 6.07) is 7.31. The highest BCUT2D eigenvalue weighted by atomic mass is 32.2. The number of carbonyl (C=O) groups is 1. The zero-order valence-corrected chi connectivity index (χ0v) is 17.5. The Hall–Kier alpha value is -1.90. The van der Waals surface area contributed by atoms with Crippen LogP contribution >= 0.6 is 0 Å². The van der Waals surface area contributed by atoms with Gasteiger partial charge in [-0.25, -0.2) is 8.42 Å². The van der Waals surface area contributed by atoms with Crippen LogP contribution in [0.25, 0.3) is 6.08 Å². The topological polar surface area (TPSA) is 70.2 Å². The van der Waals surface area contributed by atoms with E-state index < -0.39 is 10.0 Å². The van der Waals surface area contributed by atoms with Crippen LogP contribution < -0.4 is 4.31 Å². The number of ether oxygens (including phenoxy) is 1. The van der Waals surface area contributed by atoms with Gasteiger partial charge in [0.15, 0.2) is 0 Å². The van der Waals surface area contributed by atoms with Gasteiger partial charge in [0, 0.05) is 52.0 Å². The van der Waals surface area contributed by atoms with Gasteiger partial charge in [0.1, 0.15) is 0 Å². The van der Waals surface area contributed by atoms with Gasteiger partial charge in [-0.15, -0.1) is 0 Å². The largest absolute Gasteiger partial charge is 0.377 e. The average molecular weight is 420 g/mol. The van der Waals surface area contributed by atoms with Gasteiger partial charge < -0.3 is 9.64 Å². The molecule has 0 spiro atoms. The van der Waals surface area contributed by atoms with Crippen molar-refractivity contribution in [1.29, 1.82) is 0 Å². The van der Waals surface area contributed by atoms with Crippen molar-refractivity contribution in [3.8, 4) is 0 Å². The number of rotatable bonds is 5. The second kappa shape index (κ2) is 8.85. The molecule has 158 valence electrons. The van der Waals surface area contributed by atoms with Crippen molar-refractivity contribution in [2.75, 3.05) is 55.9 Å². The number of carbonyl (C=O) groups excluding carboxylic acids is 1. The lowest BCUT2D eigenvalue weighted by Gasteiger charge is -2.35. The molecule has 0 aliphatic carbocycles. The maximum atomic E-state index is 12.5. The molecule has 3 aliphatic rings. The van der Waals surface area contributed by atoms with Gasteiger partial charge in [-0.2, -0.15) is 0 Å². The van der Waals surface area contributed by atoms with E-state index >= 15 is 0 Å². The number of sulfonamides is 1. The van der Waals surface area contributed by atoms with E-state index in [1.807, 2.05) is 17.0 Å². The number of anilines is 1. The van der Waals surface area contributed by atoms with Gasteiger partial charge in [0.05, 0.1) is 17.5 Å². The summed E-state index contributed by atoms with van der Waals surface area (Å²) >= 11 is 0. The fraction of sp³-hybridized carbons (Fsp3) is 0.571. The lowest BCUT2D eigenvalue weighted by Crippen LogP contribution is -2.50. The van der Waals surface area contributed by atoms with Gasteiger partial charge in [-0.3, -0.25) is 14.0 Å². The SMILES string of the molecule is O=C(/C=C/c1ccc(N2CCCS2(=O)=O)cc1)N1CCN(CC2CCCO2)CC1. The maximum absolute atomic E-state index is 12.5. The first-order valence-corrected chi connectivity index (χ1v) is 12.0. The molecule has 1 aromatic rings. The summed E-state index contributed by atoms with van der Waals surface area (Å²) in [6.07, 6.45) is 6.73. The van der Waals surface area contributed by atoms with Crippen LogP contribution in [-0.4, -0.2) is 81.9 Å². The highest BCUT2D eigenvalue weighted by Gasteiger charge is 2.28. The summed E-state index contributed by atoms with van der Waals surface area (Å²) in [5.41, 5.74) is 1.57. The monoisotopic (exact) mass is 419 g/mol. The second-order valence-electron chi connectivity index (χ2n) is 7.93. The zero-order chi connectivity index (χ0) is 20.3. The van der Waals surface area contributed by atoms with Crippen LogP contribution in [0.15, 0.2) is 30.3 Å². The third-order valence-electron chi connectivity index (χ3n) is 5.87. The second-order valence-corrected chi connectivity index (χ2v) is 9.94. The van der Waals surface area contributed by atoms with Crippen LogP contribution in [0.1, 0.15) is 24.8 Å². The fourth-order valence-electron chi connectivity index (χ4n) is 4.18. The molecule has 1 atom stereocenters. The Morgan fingerprint density at radius 2 is 1.83 bits per heavy atom. The first-order chi connectivity index (χ1) is 14.0. The van der Waals surface area contributed by atoms with E-state index in [1.165, 1.54) is 4.31 Å². The van der Waals surface area contributed by atoms with Crippen molar-refractivity contribution in [1.82, 2.24) is 9.80 Å². The third kappa shape index (κ3) is 4.99. The van der Waals surface area contributed by atoms with Crippen molar-refractivity contribution >= 4 is 27.7 Å². The van der Waals surface area contributed by atoms with E-state index in [4.69, 9.17) is 4.74 Å². The molecule has 1 amide bonds. The van der Waals surface area contributed by atoms with Gasteiger partial charge in [-0.1, -0.05) is 12.1 Å². The molecule has 0 radical (unpaired) electrons. The molecule has 0 saturated carbocycles. The summed E-state index contributed by atoms with van der Waals surface area (Å²) in [6.45, 7) is 5.63. The molecule has 3 aliphatic heterocycles. The lowest BCUT2D eigenvalue weighted by molar-refractivity contribution is -0.127. The summed E-state index contributed by atoms with van der Waals surface area (Å²) in [5, 5.41) is 0. The van der Waals surface area contributed by atoms with Crippen LogP contribution in [0, 0.1) is 0 Å². The molecule has 3 saturated heterocycles. The van der Waals surface area contributed by atoms with Crippen molar-refractivity contribution < 1.29 is 17.9 Å². The molecular weight excluding hydrogens is 390 g/mol. The van der Waals surface area contributed by atoms with Crippen molar-refractivity contribution in [3.05, 3.63) is 35.9 Å². The Bertz CT molecular complexity index is 839. The van der Waals surface area contributed by atoms with Crippen LogP contribution in [-0.2, 0) is 19.6 Å². The standard InChI is InChI=1S/C21H29N3O4S/c25-21(23-13-11-22(12-14-23)17-20-3-1-15-28-20)9-6-18-4-7-19(8-5-18)24-10-2-16-29(24,26)27/h4-9,20H,1-3,10-17H2/b9-6+. The fourth-order valence-corrected chi connectivity index (χ4v) is 5.75. The molecule has 8 heteroatoms. The van der Waals surface area contributed by atoms with E-state index in [0.717, 1.165) is 57.7 Å². The number of amides is 1. The van der Waals surface area contributed by atoms with Crippen LogP contribution in [0.2, 0.25) is 0 Å². The number of nitrogens with zero attached hydrogens (tertiary/aromatic N) is 3. The van der Waals surface area contributed by atoms with E-state index in [0.29, 0.717) is 24.8 Å². The molecule has 0 N–H and O–H groups in total. The minimum atomic E-state index is -3.16. The highest BCUT2D eigenvalue weighted by molar-refractivity contribution is 7.93. The Labute approximate surface area is 173 Å². The Morgan fingerprint density at radius 3 is 2.45 bits per heavy atom. The summed E-state index contributed by atoms with van der Waals surface area (Å²) < 4.78 is 31.2. The molecule has 29 heavy (non-hydrogen) atoms. The minimum Gasteiger partial charge on any atom is -0.377 e. The molecule has 0 bridgehead atoms. The summed E-state index contributed by atoms with van der Waals surface area (Å²) in [5.74, 6) is 0.234. The minimum absolute atomic E-state index is 0.0213. The van der Waals surface area contributed by atoms with Crippen molar-refractivity contribution in [2.45, 2.75) is 25.4 Å². The smallest absolute Gasteiger partial charge is 0.246 e. The van der Waals surface area contributed by atoms with Gasteiger partial charge in [-0.05, 0) is 43.0 Å². The Balaban J connectivity index is 1.27. The molecule has 7 nitrogen and oxygen atoms in total. The van der Waals surface area contributed by atoms with Crippen molar-refractivity contribution in [3.63, 3.8) is 0 Å². The first kappa shape index (κ1) is 20.4. The van der Waals surface area contributed by atoms with Gasteiger partial charge in [0.2, 0.25) is 15.9 Å². The van der Waals surface area contributed by atoms with Gasteiger partial charge >= 0.3 is 0 Å². The van der Waals surface area contributed by atoms with E-state index in [2.05, 4.69) is 4.90 Å². The zero-order valence-electron chi connectivity index (χ0n) is 16.7. The highest BCUT2D eigenvalue weighted by Crippen LogP contribution is 2.24. The van der Waals surface area contributed by atoms with Crippen molar-refractivity contribution in [2.24, 2.45) is 0 Å². The molecule has 4 rings (SSSR count). The van der Waals surface area contributed by atoms with Crippen LogP contribution in [0.4, 0.5) is 5.69 Å². The van der Waals surface area contributed by atoms with E-state index in [9.17, 15) is 13.2 Å². The van der Waals surface area contributed by atoms with Crippen LogP contribution in [0.3, 0.4) is 0 Å². The predicted molar refractivity (Wildman–Crippen MR) is 113 cm³/mol. The molecule has 3 heterocycles. The Morgan fingerprint density at radius 1 is 1.07 bits per heavy atom. The van der Waals surface area contributed by atoms with Gasteiger partial charge in [0.25, 0.3) is 0 Å².